The first-order chi connectivity index (χ1) is 4.74. The van der Waals surface area contributed by atoms with E-state index in [1.165, 1.54) is 0 Å². The van der Waals surface area contributed by atoms with E-state index in [1.807, 2.05) is 11.9 Å². The average Bonchev–Trinajstić information content (AvgIpc) is 1.94. The Bertz CT molecular complexity index is 176. The minimum absolute atomic E-state index is 0.0544. The van der Waals surface area contributed by atoms with Crippen molar-refractivity contribution >= 4 is 11.9 Å². The van der Waals surface area contributed by atoms with E-state index in [9.17, 15) is 4.79 Å². The number of aliphatic imine (C=N–C) groups is 1. The topological polar surface area (TPSA) is 44.7 Å². The molecule has 0 unspecified atom stereocenters. The third-order valence-electron chi connectivity index (χ3n) is 1.50. The number of amides is 1. The molecule has 0 radical (unpaired) electrons. The molecule has 4 nitrogen and oxygen atoms in total. The highest BCUT2D eigenvalue weighted by Crippen LogP contribution is 1.95. The van der Waals surface area contributed by atoms with Gasteiger partial charge in [-0.3, -0.25) is 15.1 Å². The highest BCUT2D eigenvalue weighted by atomic mass is 16.2. The highest BCUT2D eigenvalue weighted by Gasteiger charge is 2.16. The molecule has 1 amide bonds. The van der Waals surface area contributed by atoms with Crippen LogP contribution in [-0.4, -0.2) is 37.4 Å². The number of nitrogens with one attached hydrogen (secondary N) is 1. The zero-order chi connectivity index (χ0) is 7.56. The van der Waals surface area contributed by atoms with E-state index in [2.05, 4.69) is 10.3 Å². The second kappa shape index (κ2) is 2.68. The molecule has 0 spiro atoms. The minimum atomic E-state index is 0.0544. The third kappa shape index (κ3) is 1.26. The largest absolute Gasteiger partial charge is 0.345 e. The molecule has 0 aromatic carbocycles. The van der Waals surface area contributed by atoms with Gasteiger partial charge in [0.05, 0.1) is 0 Å². The normalized spacial score (nSPS) is 23.2. The van der Waals surface area contributed by atoms with E-state index < -0.39 is 0 Å². The molecule has 1 rings (SSSR count). The van der Waals surface area contributed by atoms with Gasteiger partial charge in [-0.05, 0) is 0 Å². The van der Waals surface area contributed by atoms with E-state index in [1.54, 1.807) is 7.05 Å². The second-order valence-electron chi connectivity index (χ2n) is 2.27. The van der Waals surface area contributed by atoms with E-state index in [4.69, 9.17) is 0 Å². The number of carbonyl (C=O) groups is 1. The lowest BCUT2D eigenvalue weighted by Gasteiger charge is -2.25. The lowest BCUT2D eigenvalue weighted by molar-refractivity contribution is -0.120. The number of hydrogen-bond donors (Lipinski definition) is 1. The van der Waals surface area contributed by atoms with Gasteiger partial charge in [0.15, 0.2) is 5.96 Å². The van der Waals surface area contributed by atoms with Crippen LogP contribution in [0.2, 0.25) is 0 Å². The monoisotopic (exact) mass is 141 g/mol. The van der Waals surface area contributed by atoms with E-state index in [0.717, 1.165) is 6.54 Å². The maximum atomic E-state index is 10.8. The molecule has 1 fully saturated rings. The molecule has 0 saturated carbocycles. The summed E-state index contributed by atoms with van der Waals surface area (Å²) in [5, 5.41) is 2.65. The van der Waals surface area contributed by atoms with Crippen LogP contribution in [0.15, 0.2) is 4.99 Å². The number of rotatable bonds is 0. The molecule has 0 bridgehead atoms. The predicted molar refractivity (Wildman–Crippen MR) is 38.7 cm³/mol. The fraction of sp³-hybridized carbons (Fsp3) is 0.667. The maximum absolute atomic E-state index is 10.8. The molecule has 56 valence electrons. The average molecular weight is 141 g/mol. The molecular weight excluding hydrogens is 130 g/mol. The van der Waals surface area contributed by atoms with Crippen molar-refractivity contribution in [3.05, 3.63) is 0 Å². The van der Waals surface area contributed by atoms with Crippen LogP contribution in [0.25, 0.3) is 0 Å². The van der Waals surface area contributed by atoms with Crippen molar-refractivity contribution < 1.29 is 4.79 Å². The molecule has 1 heterocycles. The second-order valence-corrected chi connectivity index (χ2v) is 2.27. The number of guanidine groups is 1. The first-order valence-electron chi connectivity index (χ1n) is 3.22. The van der Waals surface area contributed by atoms with Gasteiger partial charge in [-0.2, -0.15) is 0 Å². The summed E-state index contributed by atoms with van der Waals surface area (Å²) in [7, 11) is 3.57. The van der Waals surface area contributed by atoms with Crippen molar-refractivity contribution in [1.82, 2.24) is 10.2 Å². The van der Waals surface area contributed by atoms with Gasteiger partial charge in [0, 0.05) is 27.1 Å². The van der Waals surface area contributed by atoms with E-state index in [0.29, 0.717) is 12.4 Å². The van der Waals surface area contributed by atoms with Crippen molar-refractivity contribution in [3.8, 4) is 0 Å². The summed E-state index contributed by atoms with van der Waals surface area (Å²) < 4.78 is 0. The molecule has 10 heavy (non-hydrogen) atoms. The van der Waals surface area contributed by atoms with Gasteiger partial charge in [0.2, 0.25) is 5.91 Å². The van der Waals surface area contributed by atoms with Crippen LogP contribution in [0.1, 0.15) is 6.42 Å². The molecule has 0 aromatic rings. The highest BCUT2D eigenvalue weighted by molar-refractivity contribution is 5.98. The van der Waals surface area contributed by atoms with Crippen molar-refractivity contribution in [2.75, 3.05) is 20.6 Å². The summed E-state index contributed by atoms with van der Waals surface area (Å²) in [5.74, 6) is 0.718. The Balaban J connectivity index is 2.63. The Morgan fingerprint density at radius 3 is 2.90 bits per heavy atom. The predicted octanol–water partition coefficient (Wildman–Crippen LogP) is -0.576. The molecule has 1 aliphatic rings. The van der Waals surface area contributed by atoms with Gasteiger partial charge in [-0.1, -0.05) is 0 Å². The van der Waals surface area contributed by atoms with Gasteiger partial charge >= 0.3 is 0 Å². The fourth-order valence-electron chi connectivity index (χ4n) is 0.884. The minimum Gasteiger partial charge on any atom is -0.345 e. The number of carbonyl (C=O) groups excluding carboxylic acids is 1. The smallest absolute Gasteiger partial charge is 0.228 e. The Labute approximate surface area is 59.9 Å². The van der Waals surface area contributed by atoms with Crippen LogP contribution in [0.5, 0.6) is 0 Å². The fourth-order valence-corrected chi connectivity index (χ4v) is 0.884. The van der Waals surface area contributed by atoms with Crippen molar-refractivity contribution in [3.63, 3.8) is 0 Å². The van der Waals surface area contributed by atoms with E-state index >= 15 is 0 Å². The van der Waals surface area contributed by atoms with Crippen molar-refractivity contribution in [1.29, 1.82) is 0 Å². The first-order valence-corrected chi connectivity index (χ1v) is 3.22. The molecule has 1 aliphatic heterocycles. The first kappa shape index (κ1) is 7.05. The summed E-state index contributed by atoms with van der Waals surface area (Å²) in [6.07, 6.45) is 0.565. The van der Waals surface area contributed by atoms with Crippen LogP contribution < -0.4 is 5.32 Å². The van der Waals surface area contributed by atoms with Crippen LogP contribution in [0.3, 0.4) is 0 Å². The third-order valence-corrected chi connectivity index (χ3v) is 1.50. The molecular formula is C6H11N3O. The molecule has 1 saturated heterocycles. The SMILES string of the molecule is CN=C1NC(=O)CCN1C. The van der Waals surface area contributed by atoms with Crippen LogP contribution >= 0.6 is 0 Å². The summed E-state index contributed by atoms with van der Waals surface area (Å²) in [6, 6.07) is 0. The van der Waals surface area contributed by atoms with Gasteiger partial charge in [0.25, 0.3) is 0 Å². The Kier molecular flexibility index (Phi) is 1.89. The summed E-state index contributed by atoms with van der Waals surface area (Å²) >= 11 is 0. The van der Waals surface area contributed by atoms with Crippen LogP contribution in [0.4, 0.5) is 0 Å². The molecule has 0 atom stereocenters. The molecule has 0 aliphatic carbocycles. The summed E-state index contributed by atoms with van der Waals surface area (Å²) in [6.45, 7) is 0.762. The van der Waals surface area contributed by atoms with Gasteiger partial charge in [0.1, 0.15) is 0 Å². The van der Waals surface area contributed by atoms with Crippen molar-refractivity contribution in [2.24, 2.45) is 4.99 Å². The van der Waals surface area contributed by atoms with Crippen molar-refractivity contribution in [2.45, 2.75) is 6.42 Å². The van der Waals surface area contributed by atoms with Gasteiger partial charge in [-0.15, -0.1) is 0 Å². The van der Waals surface area contributed by atoms with Gasteiger partial charge < -0.3 is 4.90 Å². The van der Waals surface area contributed by atoms with Crippen LogP contribution in [0, 0.1) is 0 Å². The summed E-state index contributed by atoms with van der Waals surface area (Å²) in [4.78, 5) is 16.6. The zero-order valence-electron chi connectivity index (χ0n) is 6.22. The number of hydrogen-bond acceptors (Lipinski definition) is 2. The molecule has 1 N–H and O–H groups in total. The van der Waals surface area contributed by atoms with Gasteiger partial charge in [-0.25, -0.2) is 0 Å². The van der Waals surface area contributed by atoms with Crippen LogP contribution in [-0.2, 0) is 4.79 Å². The summed E-state index contributed by atoms with van der Waals surface area (Å²) in [5.41, 5.74) is 0. The Hall–Kier alpha value is -1.06. The molecule has 4 heteroatoms. The molecule has 0 aromatic heterocycles. The lowest BCUT2D eigenvalue weighted by atomic mass is 10.3. The van der Waals surface area contributed by atoms with E-state index in [-0.39, 0.29) is 5.91 Å². The Morgan fingerprint density at radius 2 is 2.40 bits per heavy atom. The standard InChI is InChI=1S/C6H11N3O/c1-7-6-8-5(10)3-4-9(6)2/h3-4H2,1-2H3,(H,7,8,10). The Morgan fingerprint density at radius 1 is 1.70 bits per heavy atom. The maximum Gasteiger partial charge on any atom is 0.228 e. The quantitative estimate of drug-likeness (QED) is 0.490. The number of nitrogens with zero attached hydrogens (tertiary/aromatic N) is 2. The zero-order valence-corrected chi connectivity index (χ0v) is 6.22. The lowest BCUT2D eigenvalue weighted by Crippen LogP contribution is -2.48.